The Balaban J connectivity index is 3.24. The molecule has 0 aromatic rings. The lowest BCUT2D eigenvalue weighted by molar-refractivity contribution is 0.00757. The van der Waals surface area contributed by atoms with Crippen molar-refractivity contribution >= 4 is 6.09 Å². The van der Waals surface area contributed by atoms with Crippen LogP contribution < -0.4 is 5.32 Å². The highest BCUT2D eigenvalue weighted by atomic mass is 16.6. The number of ether oxygens (including phenoxy) is 4. The first-order chi connectivity index (χ1) is 11.3. The van der Waals surface area contributed by atoms with Crippen LogP contribution in [0.1, 0.15) is 53.9 Å². The molecule has 144 valence electrons. The van der Waals surface area contributed by atoms with E-state index >= 15 is 0 Å². The number of hydrogen-bond donors (Lipinski definition) is 1. The molecule has 0 aliphatic rings. The highest BCUT2D eigenvalue weighted by Crippen LogP contribution is 2.07. The third kappa shape index (κ3) is 17.5. The highest BCUT2D eigenvalue weighted by Gasteiger charge is 2.15. The van der Waals surface area contributed by atoms with Gasteiger partial charge < -0.3 is 24.3 Å². The van der Waals surface area contributed by atoms with E-state index in [0.29, 0.717) is 45.5 Å². The van der Waals surface area contributed by atoms with Crippen molar-refractivity contribution in [3.63, 3.8) is 0 Å². The number of carbonyl (C=O) groups excluding carboxylic acids is 1. The lowest BCUT2D eigenvalue weighted by Crippen LogP contribution is -2.34. The lowest BCUT2D eigenvalue weighted by atomic mass is 10.1. The van der Waals surface area contributed by atoms with Crippen molar-refractivity contribution in [3.05, 3.63) is 0 Å². The Bertz CT molecular complexity index is 304. The number of rotatable bonds is 14. The number of nitrogens with one attached hydrogen (secondary N) is 1. The van der Waals surface area contributed by atoms with Gasteiger partial charge in [0.05, 0.1) is 33.0 Å². The molecule has 0 heterocycles. The summed E-state index contributed by atoms with van der Waals surface area (Å²) in [6.45, 7) is 13.8. The summed E-state index contributed by atoms with van der Waals surface area (Å²) >= 11 is 0. The molecular formula is C18H37NO5. The van der Waals surface area contributed by atoms with Crippen molar-refractivity contribution in [1.82, 2.24) is 5.32 Å². The van der Waals surface area contributed by atoms with E-state index in [4.69, 9.17) is 18.9 Å². The molecule has 6 heteroatoms. The number of amides is 1. The largest absolute Gasteiger partial charge is 0.444 e. The Morgan fingerprint density at radius 1 is 1.00 bits per heavy atom. The van der Waals surface area contributed by atoms with E-state index in [0.717, 1.165) is 6.61 Å². The van der Waals surface area contributed by atoms with E-state index in [2.05, 4.69) is 19.2 Å². The van der Waals surface area contributed by atoms with E-state index in [9.17, 15) is 4.79 Å². The molecule has 0 aliphatic carbocycles. The maximum Gasteiger partial charge on any atom is 0.407 e. The van der Waals surface area contributed by atoms with Gasteiger partial charge in [0.15, 0.2) is 0 Å². The Hall–Kier alpha value is -0.850. The first kappa shape index (κ1) is 23.1. The molecule has 0 saturated carbocycles. The van der Waals surface area contributed by atoms with Gasteiger partial charge in [-0.05, 0) is 33.1 Å². The zero-order chi connectivity index (χ0) is 18.3. The van der Waals surface area contributed by atoms with E-state index in [-0.39, 0.29) is 0 Å². The summed E-state index contributed by atoms with van der Waals surface area (Å²) in [5.41, 5.74) is -0.478. The van der Waals surface area contributed by atoms with Gasteiger partial charge in [-0.25, -0.2) is 4.79 Å². The van der Waals surface area contributed by atoms with Crippen LogP contribution in [0.25, 0.3) is 0 Å². The Kier molecular flexibility index (Phi) is 14.0. The molecule has 0 aromatic carbocycles. The van der Waals surface area contributed by atoms with Crippen molar-refractivity contribution < 1.29 is 23.7 Å². The number of unbranched alkanes of at least 4 members (excludes halogenated alkanes) is 1. The number of carbonyl (C=O) groups is 1. The summed E-state index contributed by atoms with van der Waals surface area (Å²) in [5, 5.41) is 2.64. The minimum absolute atomic E-state index is 0.423. The van der Waals surface area contributed by atoms with Crippen molar-refractivity contribution in [2.75, 3.05) is 46.2 Å². The highest BCUT2D eigenvalue weighted by molar-refractivity contribution is 5.67. The minimum atomic E-state index is -0.478. The van der Waals surface area contributed by atoms with Crippen LogP contribution in [0.2, 0.25) is 0 Å². The smallest absolute Gasteiger partial charge is 0.407 e. The molecule has 0 fully saturated rings. The first-order valence-electron chi connectivity index (χ1n) is 9.05. The summed E-state index contributed by atoms with van der Waals surface area (Å²) in [6, 6.07) is 0. The summed E-state index contributed by atoms with van der Waals surface area (Å²) in [4.78, 5) is 11.4. The summed E-state index contributed by atoms with van der Waals surface area (Å²) in [7, 11) is 0. The number of hydrogen-bond acceptors (Lipinski definition) is 5. The fourth-order valence-electron chi connectivity index (χ4n) is 1.90. The van der Waals surface area contributed by atoms with Gasteiger partial charge in [-0.15, -0.1) is 0 Å². The molecule has 1 atom stereocenters. The third-order valence-electron chi connectivity index (χ3n) is 3.11. The fourth-order valence-corrected chi connectivity index (χ4v) is 1.90. The van der Waals surface area contributed by atoms with Gasteiger partial charge in [-0.1, -0.05) is 26.7 Å². The summed E-state index contributed by atoms with van der Waals surface area (Å²) < 4.78 is 21.5. The van der Waals surface area contributed by atoms with Crippen LogP contribution in [-0.2, 0) is 18.9 Å². The zero-order valence-corrected chi connectivity index (χ0v) is 16.2. The van der Waals surface area contributed by atoms with Gasteiger partial charge in [-0.2, -0.15) is 0 Å². The van der Waals surface area contributed by atoms with Crippen molar-refractivity contribution in [2.45, 2.75) is 59.5 Å². The van der Waals surface area contributed by atoms with Crippen LogP contribution in [-0.4, -0.2) is 57.9 Å². The van der Waals surface area contributed by atoms with Crippen LogP contribution in [0.3, 0.4) is 0 Å². The number of alkyl carbamates (subject to hydrolysis) is 1. The third-order valence-corrected chi connectivity index (χ3v) is 3.11. The SMILES string of the molecule is CCCCC(C)COCCOCCOCCNC(=O)OC(C)(C)C. The van der Waals surface area contributed by atoms with Crippen LogP contribution in [0, 0.1) is 5.92 Å². The fraction of sp³-hybridized carbons (Fsp3) is 0.944. The predicted octanol–water partition coefficient (Wildman–Crippen LogP) is 3.39. The van der Waals surface area contributed by atoms with Crippen molar-refractivity contribution in [2.24, 2.45) is 5.92 Å². The van der Waals surface area contributed by atoms with Gasteiger partial charge in [0.1, 0.15) is 5.60 Å². The Morgan fingerprint density at radius 3 is 2.17 bits per heavy atom. The molecule has 0 saturated heterocycles. The van der Waals surface area contributed by atoms with E-state index in [1.165, 1.54) is 19.3 Å². The van der Waals surface area contributed by atoms with Crippen LogP contribution in [0.4, 0.5) is 4.79 Å². The Labute approximate surface area is 147 Å². The first-order valence-corrected chi connectivity index (χ1v) is 9.05. The minimum Gasteiger partial charge on any atom is -0.444 e. The van der Waals surface area contributed by atoms with E-state index in [1.54, 1.807) is 0 Å². The second-order valence-corrected chi connectivity index (χ2v) is 6.98. The van der Waals surface area contributed by atoms with E-state index < -0.39 is 11.7 Å². The molecule has 0 rings (SSSR count). The van der Waals surface area contributed by atoms with Crippen LogP contribution in [0.15, 0.2) is 0 Å². The van der Waals surface area contributed by atoms with Gasteiger partial charge in [0.2, 0.25) is 0 Å². The second kappa shape index (κ2) is 14.5. The molecule has 6 nitrogen and oxygen atoms in total. The molecule has 0 aromatic heterocycles. The Morgan fingerprint density at radius 2 is 1.58 bits per heavy atom. The van der Waals surface area contributed by atoms with E-state index in [1.807, 2.05) is 20.8 Å². The van der Waals surface area contributed by atoms with Crippen molar-refractivity contribution in [3.8, 4) is 0 Å². The average molecular weight is 347 g/mol. The van der Waals surface area contributed by atoms with Crippen molar-refractivity contribution in [1.29, 1.82) is 0 Å². The summed E-state index contributed by atoms with van der Waals surface area (Å²) in [6.07, 6.45) is 3.30. The van der Waals surface area contributed by atoms with Gasteiger partial charge >= 0.3 is 6.09 Å². The lowest BCUT2D eigenvalue weighted by Gasteiger charge is -2.19. The zero-order valence-electron chi connectivity index (χ0n) is 16.2. The van der Waals surface area contributed by atoms with Crippen LogP contribution >= 0.6 is 0 Å². The van der Waals surface area contributed by atoms with Crippen LogP contribution in [0.5, 0.6) is 0 Å². The van der Waals surface area contributed by atoms with Gasteiger partial charge in [0.25, 0.3) is 0 Å². The molecule has 1 unspecified atom stereocenters. The summed E-state index contributed by atoms with van der Waals surface area (Å²) in [5.74, 6) is 0.616. The second-order valence-electron chi connectivity index (χ2n) is 6.98. The maximum absolute atomic E-state index is 11.4. The molecule has 1 N–H and O–H groups in total. The molecule has 0 spiro atoms. The monoisotopic (exact) mass is 347 g/mol. The molecular weight excluding hydrogens is 310 g/mol. The normalized spacial score (nSPS) is 12.9. The molecule has 0 aliphatic heterocycles. The standard InChI is InChI=1S/C18H37NO5/c1-6-7-8-16(2)15-23-14-13-22-12-11-21-10-9-19-17(20)24-18(3,4)5/h16H,6-15H2,1-5H3,(H,19,20). The maximum atomic E-state index is 11.4. The predicted molar refractivity (Wildman–Crippen MR) is 95.4 cm³/mol. The topological polar surface area (TPSA) is 66.0 Å². The molecule has 1 amide bonds. The average Bonchev–Trinajstić information content (AvgIpc) is 2.48. The molecule has 0 radical (unpaired) electrons. The van der Waals surface area contributed by atoms with Gasteiger partial charge in [0, 0.05) is 13.2 Å². The molecule has 24 heavy (non-hydrogen) atoms. The van der Waals surface area contributed by atoms with Gasteiger partial charge in [-0.3, -0.25) is 0 Å². The molecule has 0 bridgehead atoms. The quantitative estimate of drug-likeness (QED) is 0.488.